The summed E-state index contributed by atoms with van der Waals surface area (Å²) in [5.74, 6) is 1.77. The molecular formula is C18H26N4O. The van der Waals surface area contributed by atoms with E-state index in [-0.39, 0.29) is 0 Å². The van der Waals surface area contributed by atoms with E-state index >= 15 is 0 Å². The Hall–Kier alpha value is -2.43. The lowest BCUT2D eigenvalue weighted by atomic mass is 10.2. The monoisotopic (exact) mass is 314 g/mol. The van der Waals surface area contributed by atoms with Crippen molar-refractivity contribution in [2.24, 2.45) is 12.0 Å². The molecule has 5 nitrogen and oxygen atoms in total. The fourth-order valence-corrected chi connectivity index (χ4v) is 2.35. The molecule has 1 heterocycles. The van der Waals surface area contributed by atoms with Crippen LogP contribution in [0.3, 0.4) is 0 Å². The van der Waals surface area contributed by atoms with E-state index in [0.29, 0.717) is 6.54 Å². The zero-order chi connectivity index (χ0) is 16.7. The summed E-state index contributed by atoms with van der Waals surface area (Å²) >= 11 is 0. The lowest BCUT2D eigenvalue weighted by Crippen LogP contribution is -2.38. The van der Waals surface area contributed by atoms with Gasteiger partial charge in [0.2, 0.25) is 0 Å². The number of guanidine groups is 1. The largest absolute Gasteiger partial charge is 0.497 e. The average molecular weight is 314 g/mol. The SMILES string of the molecule is CCNC(=NCc1ccc(OC)cc1)N(C)Cc1cccn1C. The molecular weight excluding hydrogens is 288 g/mol. The van der Waals surface area contributed by atoms with Crippen LogP contribution in [0.25, 0.3) is 0 Å². The van der Waals surface area contributed by atoms with Crippen molar-refractivity contribution in [3.8, 4) is 5.75 Å². The van der Waals surface area contributed by atoms with Crippen LogP contribution in [0.5, 0.6) is 5.75 Å². The summed E-state index contributed by atoms with van der Waals surface area (Å²) in [7, 11) is 5.79. The highest BCUT2D eigenvalue weighted by molar-refractivity contribution is 5.79. The van der Waals surface area contributed by atoms with Gasteiger partial charge in [-0.1, -0.05) is 12.1 Å². The standard InChI is InChI=1S/C18H26N4O/c1-5-19-18(22(3)14-16-7-6-12-21(16)2)20-13-15-8-10-17(23-4)11-9-15/h6-12H,5,13-14H2,1-4H3,(H,19,20). The Labute approximate surface area is 138 Å². The van der Waals surface area contributed by atoms with Gasteiger partial charge in [0, 0.05) is 32.5 Å². The van der Waals surface area contributed by atoms with E-state index in [1.165, 1.54) is 5.69 Å². The van der Waals surface area contributed by atoms with Gasteiger partial charge >= 0.3 is 0 Å². The molecule has 0 saturated carbocycles. The molecule has 0 saturated heterocycles. The third-order valence-corrected chi connectivity index (χ3v) is 3.72. The number of hydrogen-bond acceptors (Lipinski definition) is 2. The van der Waals surface area contributed by atoms with Crippen molar-refractivity contribution in [1.82, 2.24) is 14.8 Å². The van der Waals surface area contributed by atoms with E-state index in [1.807, 2.05) is 24.3 Å². The molecule has 23 heavy (non-hydrogen) atoms. The summed E-state index contributed by atoms with van der Waals surface area (Å²) in [5.41, 5.74) is 2.41. The number of nitrogens with zero attached hydrogens (tertiary/aromatic N) is 3. The molecule has 0 unspecified atom stereocenters. The number of hydrogen-bond donors (Lipinski definition) is 1. The average Bonchev–Trinajstić information content (AvgIpc) is 2.96. The van der Waals surface area contributed by atoms with Crippen LogP contribution < -0.4 is 10.1 Å². The van der Waals surface area contributed by atoms with Crippen molar-refractivity contribution in [3.05, 3.63) is 53.9 Å². The molecule has 0 fully saturated rings. The second-order valence-electron chi connectivity index (χ2n) is 5.48. The van der Waals surface area contributed by atoms with Crippen molar-refractivity contribution in [3.63, 3.8) is 0 Å². The van der Waals surface area contributed by atoms with Crippen LogP contribution in [0.4, 0.5) is 0 Å². The zero-order valence-electron chi connectivity index (χ0n) is 14.4. The molecule has 5 heteroatoms. The highest BCUT2D eigenvalue weighted by Crippen LogP contribution is 2.12. The molecule has 0 amide bonds. The van der Waals surface area contributed by atoms with Gasteiger partial charge in [-0.3, -0.25) is 0 Å². The summed E-state index contributed by atoms with van der Waals surface area (Å²) in [6, 6.07) is 12.2. The Bertz CT molecular complexity index is 631. The van der Waals surface area contributed by atoms with Gasteiger partial charge in [0.15, 0.2) is 5.96 Å². The molecule has 1 aromatic heterocycles. The molecule has 0 atom stereocenters. The minimum absolute atomic E-state index is 0.643. The Morgan fingerprint density at radius 3 is 2.57 bits per heavy atom. The number of ether oxygens (including phenoxy) is 1. The van der Waals surface area contributed by atoms with E-state index < -0.39 is 0 Å². The number of aliphatic imine (C=N–C) groups is 1. The molecule has 1 N–H and O–H groups in total. The quantitative estimate of drug-likeness (QED) is 0.658. The van der Waals surface area contributed by atoms with Crippen LogP contribution in [0, 0.1) is 0 Å². The molecule has 0 radical (unpaired) electrons. The van der Waals surface area contributed by atoms with Gasteiger partial charge in [0.25, 0.3) is 0 Å². The molecule has 0 aliphatic carbocycles. The zero-order valence-corrected chi connectivity index (χ0v) is 14.4. The number of rotatable bonds is 6. The number of benzene rings is 1. The Kier molecular flexibility index (Phi) is 6.09. The number of aromatic nitrogens is 1. The number of aryl methyl sites for hydroxylation is 1. The predicted octanol–water partition coefficient (Wildman–Crippen LogP) is 2.63. The minimum atomic E-state index is 0.643. The summed E-state index contributed by atoms with van der Waals surface area (Å²) in [6.45, 7) is 4.39. The molecule has 0 aliphatic heterocycles. The maximum atomic E-state index is 5.18. The smallest absolute Gasteiger partial charge is 0.194 e. The lowest BCUT2D eigenvalue weighted by Gasteiger charge is -2.22. The van der Waals surface area contributed by atoms with Crippen molar-refractivity contribution in [1.29, 1.82) is 0 Å². The van der Waals surface area contributed by atoms with E-state index in [2.05, 4.69) is 54.1 Å². The van der Waals surface area contributed by atoms with Gasteiger partial charge in [-0.15, -0.1) is 0 Å². The normalized spacial score (nSPS) is 11.4. The third kappa shape index (κ3) is 4.77. The Morgan fingerprint density at radius 2 is 2.00 bits per heavy atom. The highest BCUT2D eigenvalue weighted by Gasteiger charge is 2.08. The van der Waals surface area contributed by atoms with E-state index in [0.717, 1.165) is 30.4 Å². The van der Waals surface area contributed by atoms with Gasteiger partial charge in [-0.05, 0) is 36.8 Å². The fraction of sp³-hybridized carbons (Fsp3) is 0.389. The van der Waals surface area contributed by atoms with E-state index in [4.69, 9.17) is 9.73 Å². The number of nitrogens with one attached hydrogen (secondary N) is 1. The molecule has 0 spiro atoms. The van der Waals surface area contributed by atoms with Crippen molar-refractivity contribution < 1.29 is 4.74 Å². The number of methoxy groups -OCH3 is 1. The minimum Gasteiger partial charge on any atom is -0.497 e. The first kappa shape index (κ1) is 16.9. The van der Waals surface area contributed by atoms with Crippen LogP contribution in [0.1, 0.15) is 18.2 Å². The van der Waals surface area contributed by atoms with Gasteiger partial charge in [0.05, 0.1) is 20.2 Å². The van der Waals surface area contributed by atoms with Crippen molar-refractivity contribution in [2.45, 2.75) is 20.0 Å². The maximum absolute atomic E-state index is 5.18. The van der Waals surface area contributed by atoms with E-state index in [1.54, 1.807) is 7.11 Å². The van der Waals surface area contributed by atoms with Gasteiger partial charge in [-0.25, -0.2) is 4.99 Å². The third-order valence-electron chi connectivity index (χ3n) is 3.72. The summed E-state index contributed by atoms with van der Waals surface area (Å²) in [6.07, 6.45) is 2.06. The van der Waals surface area contributed by atoms with E-state index in [9.17, 15) is 0 Å². The highest BCUT2D eigenvalue weighted by atomic mass is 16.5. The molecule has 2 aromatic rings. The van der Waals surface area contributed by atoms with Crippen molar-refractivity contribution >= 4 is 5.96 Å². The predicted molar refractivity (Wildman–Crippen MR) is 94.7 cm³/mol. The van der Waals surface area contributed by atoms with Crippen molar-refractivity contribution in [2.75, 3.05) is 20.7 Å². The first-order valence-electron chi connectivity index (χ1n) is 7.86. The van der Waals surface area contributed by atoms with Gasteiger partial charge < -0.3 is 19.5 Å². The Balaban J connectivity index is 2.04. The second-order valence-corrected chi connectivity index (χ2v) is 5.48. The summed E-state index contributed by atoms with van der Waals surface area (Å²) in [4.78, 5) is 6.87. The van der Waals surface area contributed by atoms with Crippen LogP contribution in [0.15, 0.2) is 47.6 Å². The first-order chi connectivity index (χ1) is 11.1. The molecule has 0 aliphatic rings. The van der Waals surface area contributed by atoms with Gasteiger partial charge in [0.1, 0.15) is 5.75 Å². The van der Waals surface area contributed by atoms with Crippen LogP contribution in [-0.2, 0) is 20.1 Å². The first-order valence-corrected chi connectivity index (χ1v) is 7.86. The molecule has 2 rings (SSSR count). The second kappa shape index (κ2) is 8.27. The van der Waals surface area contributed by atoms with Crippen LogP contribution in [0.2, 0.25) is 0 Å². The molecule has 1 aromatic carbocycles. The lowest BCUT2D eigenvalue weighted by molar-refractivity contribution is 0.414. The Morgan fingerprint density at radius 1 is 1.26 bits per heavy atom. The molecule has 124 valence electrons. The molecule has 0 bridgehead atoms. The van der Waals surface area contributed by atoms with Crippen LogP contribution >= 0.6 is 0 Å². The van der Waals surface area contributed by atoms with Gasteiger partial charge in [-0.2, -0.15) is 0 Å². The van der Waals surface area contributed by atoms with Crippen LogP contribution in [-0.4, -0.2) is 36.1 Å². The fourth-order valence-electron chi connectivity index (χ4n) is 2.35. The maximum Gasteiger partial charge on any atom is 0.194 e. The summed E-state index contributed by atoms with van der Waals surface area (Å²) < 4.78 is 7.31. The summed E-state index contributed by atoms with van der Waals surface area (Å²) in [5, 5.41) is 3.35. The topological polar surface area (TPSA) is 41.8 Å².